The third-order valence-electron chi connectivity index (χ3n) is 5.15. The van der Waals surface area contributed by atoms with Crippen molar-refractivity contribution < 1.29 is 13.2 Å². The van der Waals surface area contributed by atoms with E-state index in [4.69, 9.17) is 0 Å². The molecule has 0 aliphatic heterocycles. The van der Waals surface area contributed by atoms with Crippen LogP contribution in [0.5, 0.6) is 0 Å². The van der Waals surface area contributed by atoms with Crippen molar-refractivity contribution in [2.24, 2.45) is 17.8 Å². The molecule has 0 aromatic rings. The van der Waals surface area contributed by atoms with Gasteiger partial charge >= 0.3 is 0 Å². The van der Waals surface area contributed by atoms with Gasteiger partial charge in [-0.1, -0.05) is 19.8 Å². The van der Waals surface area contributed by atoms with E-state index in [-0.39, 0.29) is 11.8 Å². The molecule has 0 heterocycles. The summed E-state index contributed by atoms with van der Waals surface area (Å²) in [5.41, 5.74) is 0. The number of rotatable bonds is 4. The quantitative estimate of drug-likeness (QED) is 0.571. The second kappa shape index (κ2) is 7.51. The second-order valence-electron chi connectivity index (χ2n) is 6.65. The summed E-state index contributed by atoms with van der Waals surface area (Å²) >= 11 is 0. The van der Waals surface area contributed by atoms with Crippen LogP contribution in [0, 0.1) is 17.8 Å². The number of alkyl halides is 1. The van der Waals surface area contributed by atoms with Crippen LogP contribution in [0.3, 0.4) is 0 Å². The van der Waals surface area contributed by atoms with Gasteiger partial charge in [-0.15, -0.1) is 0 Å². The molecule has 2 aliphatic carbocycles. The molecule has 0 unspecified atom stereocenters. The van der Waals surface area contributed by atoms with Crippen LogP contribution in [0.2, 0.25) is 0 Å². The van der Waals surface area contributed by atoms with Crippen molar-refractivity contribution in [2.75, 3.05) is 0 Å². The summed E-state index contributed by atoms with van der Waals surface area (Å²) in [4.78, 5) is 0. The smallest absolute Gasteiger partial charge is 0.135 e. The van der Waals surface area contributed by atoms with Crippen molar-refractivity contribution in [3.05, 3.63) is 11.7 Å². The highest BCUT2D eigenvalue weighted by molar-refractivity contribution is 5.09. The highest BCUT2D eigenvalue weighted by Crippen LogP contribution is 2.41. The Morgan fingerprint density at radius 1 is 0.800 bits per heavy atom. The van der Waals surface area contributed by atoms with Crippen LogP contribution in [0.1, 0.15) is 71.1 Å². The van der Waals surface area contributed by atoms with Gasteiger partial charge in [0.05, 0.1) is 0 Å². The topological polar surface area (TPSA) is 0 Å². The molecule has 0 bridgehead atoms. The first-order valence-corrected chi connectivity index (χ1v) is 8.30. The third-order valence-corrected chi connectivity index (χ3v) is 5.15. The predicted molar refractivity (Wildman–Crippen MR) is 76.5 cm³/mol. The molecule has 0 N–H and O–H groups in total. The van der Waals surface area contributed by atoms with Crippen LogP contribution in [-0.4, -0.2) is 6.17 Å². The van der Waals surface area contributed by atoms with E-state index < -0.39 is 17.8 Å². The van der Waals surface area contributed by atoms with Crippen LogP contribution in [0.4, 0.5) is 13.2 Å². The summed E-state index contributed by atoms with van der Waals surface area (Å²) in [7, 11) is 0. The summed E-state index contributed by atoms with van der Waals surface area (Å²) in [6, 6.07) is 0. The Hall–Kier alpha value is -0.470. The minimum Gasteiger partial charge on any atom is -0.247 e. The highest BCUT2D eigenvalue weighted by atomic mass is 19.2. The number of halogens is 3. The zero-order valence-corrected chi connectivity index (χ0v) is 12.5. The van der Waals surface area contributed by atoms with Gasteiger partial charge in [-0.25, -0.2) is 13.2 Å². The van der Waals surface area contributed by atoms with Gasteiger partial charge in [0, 0.05) is 11.8 Å². The van der Waals surface area contributed by atoms with Gasteiger partial charge in [0.25, 0.3) is 0 Å². The van der Waals surface area contributed by atoms with E-state index in [1.54, 1.807) is 0 Å². The monoisotopic (exact) mass is 288 g/mol. The molecule has 0 atom stereocenters. The molecule has 2 fully saturated rings. The van der Waals surface area contributed by atoms with Crippen molar-refractivity contribution >= 4 is 0 Å². The normalized spacial score (nSPS) is 36.6. The Bertz CT molecular complexity index is 321. The fraction of sp³-hybridized carbons (Fsp3) is 0.882. The highest BCUT2D eigenvalue weighted by Gasteiger charge is 2.31. The first-order valence-electron chi connectivity index (χ1n) is 8.30. The number of hydrogen-bond donors (Lipinski definition) is 0. The van der Waals surface area contributed by atoms with Crippen molar-refractivity contribution in [1.29, 1.82) is 0 Å². The molecular formula is C17H27F3. The molecule has 3 heteroatoms. The van der Waals surface area contributed by atoms with E-state index in [0.717, 1.165) is 25.7 Å². The largest absolute Gasteiger partial charge is 0.247 e. The SMILES string of the molecule is CCCC1CCC(/C(F)=C(\F)C2CCC(F)CC2)CC1. The summed E-state index contributed by atoms with van der Waals surface area (Å²) < 4.78 is 41.6. The maximum absolute atomic E-state index is 14.3. The summed E-state index contributed by atoms with van der Waals surface area (Å²) in [5, 5.41) is 0. The Morgan fingerprint density at radius 3 is 1.70 bits per heavy atom. The van der Waals surface area contributed by atoms with Crippen molar-refractivity contribution in [1.82, 2.24) is 0 Å². The fourth-order valence-electron chi connectivity index (χ4n) is 3.81. The molecule has 0 spiro atoms. The van der Waals surface area contributed by atoms with Gasteiger partial charge in [-0.2, -0.15) is 0 Å². The van der Waals surface area contributed by atoms with Gasteiger partial charge < -0.3 is 0 Å². The van der Waals surface area contributed by atoms with Gasteiger partial charge in [0.2, 0.25) is 0 Å². The van der Waals surface area contributed by atoms with Crippen LogP contribution in [0.15, 0.2) is 11.7 Å². The summed E-state index contributed by atoms with van der Waals surface area (Å²) in [5.74, 6) is -0.950. The standard InChI is InChI=1S/C17H27F3/c1-2-3-12-4-6-13(7-5-12)16(19)17(20)14-8-10-15(18)11-9-14/h12-15H,2-11H2,1H3/b17-16+. The predicted octanol–water partition coefficient (Wildman–Crippen LogP) is 6.27. The Balaban J connectivity index is 1.89. The molecule has 116 valence electrons. The lowest BCUT2D eigenvalue weighted by molar-refractivity contribution is 0.198. The molecule has 0 aromatic carbocycles. The van der Waals surface area contributed by atoms with E-state index in [1.165, 1.54) is 12.8 Å². The van der Waals surface area contributed by atoms with Crippen LogP contribution in [-0.2, 0) is 0 Å². The van der Waals surface area contributed by atoms with Gasteiger partial charge in [-0.3, -0.25) is 0 Å². The van der Waals surface area contributed by atoms with E-state index in [9.17, 15) is 13.2 Å². The minimum atomic E-state index is -0.813. The van der Waals surface area contributed by atoms with E-state index in [2.05, 4.69) is 6.92 Å². The average Bonchev–Trinajstić information content (AvgIpc) is 2.48. The van der Waals surface area contributed by atoms with E-state index in [0.29, 0.717) is 31.6 Å². The van der Waals surface area contributed by atoms with Crippen LogP contribution < -0.4 is 0 Å². The van der Waals surface area contributed by atoms with Gasteiger partial charge in [-0.05, 0) is 57.3 Å². The molecule has 2 aliphatic rings. The first kappa shape index (κ1) is 15.9. The lowest BCUT2D eigenvalue weighted by Gasteiger charge is -2.29. The van der Waals surface area contributed by atoms with E-state index in [1.807, 2.05) is 0 Å². The molecule has 2 saturated carbocycles. The van der Waals surface area contributed by atoms with Crippen LogP contribution in [0.25, 0.3) is 0 Å². The Kier molecular flexibility index (Phi) is 5.98. The molecule has 20 heavy (non-hydrogen) atoms. The zero-order valence-electron chi connectivity index (χ0n) is 12.5. The lowest BCUT2D eigenvalue weighted by Crippen LogP contribution is -2.19. The van der Waals surface area contributed by atoms with Crippen molar-refractivity contribution in [3.63, 3.8) is 0 Å². The van der Waals surface area contributed by atoms with E-state index >= 15 is 0 Å². The van der Waals surface area contributed by atoms with Gasteiger partial charge in [0.15, 0.2) is 0 Å². The molecule has 2 rings (SSSR count). The first-order chi connectivity index (χ1) is 9.61. The average molecular weight is 288 g/mol. The number of allylic oxidation sites excluding steroid dienone is 2. The lowest BCUT2D eigenvalue weighted by atomic mass is 9.78. The van der Waals surface area contributed by atoms with Crippen molar-refractivity contribution in [3.8, 4) is 0 Å². The van der Waals surface area contributed by atoms with Crippen molar-refractivity contribution in [2.45, 2.75) is 77.3 Å². The maximum Gasteiger partial charge on any atom is 0.135 e. The molecule has 0 radical (unpaired) electrons. The zero-order chi connectivity index (χ0) is 14.5. The summed E-state index contributed by atoms with van der Waals surface area (Å²) in [6.07, 6.45) is 6.87. The van der Waals surface area contributed by atoms with Gasteiger partial charge in [0.1, 0.15) is 17.8 Å². The molecule has 0 amide bonds. The second-order valence-corrected chi connectivity index (χ2v) is 6.65. The molecule has 0 nitrogen and oxygen atoms in total. The minimum absolute atomic E-state index is 0.216. The Labute approximate surface area is 120 Å². The molecular weight excluding hydrogens is 261 g/mol. The Morgan fingerprint density at radius 2 is 1.25 bits per heavy atom. The fourth-order valence-corrected chi connectivity index (χ4v) is 3.81. The third kappa shape index (κ3) is 4.02. The summed E-state index contributed by atoms with van der Waals surface area (Å²) in [6.45, 7) is 2.17. The van der Waals surface area contributed by atoms with Crippen LogP contribution >= 0.6 is 0 Å². The molecule has 0 saturated heterocycles. The maximum atomic E-state index is 14.3. The molecule has 0 aromatic heterocycles. The number of hydrogen-bond acceptors (Lipinski definition) is 0.